The molecule has 0 aromatic carbocycles. The minimum atomic E-state index is 0.0734. The van der Waals surface area contributed by atoms with Gasteiger partial charge in [-0.25, -0.2) is 0 Å². The van der Waals surface area contributed by atoms with Crippen LogP contribution in [0.3, 0.4) is 0 Å². The highest BCUT2D eigenvalue weighted by molar-refractivity contribution is 5.12. The van der Waals surface area contributed by atoms with Crippen molar-refractivity contribution in [1.29, 1.82) is 0 Å². The third-order valence-electron chi connectivity index (χ3n) is 5.01. The quantitative estimate of drug-likeness (QED) is 0.724. The Bertz CT molecular complexity index is 241. The summed E-state index contributed by atoms with van der Waals surface area (Å²) in [6.07, 6.45) is 5.17. The van der Waals surface area contributed by atoms with Gasteiger partial charge < -0.3 is 10.5 Å². The molecule has 2 heteroatoms. The van der Waals surface area contributed by atoms with Crippen molar-refractivity contribution in [2.24, 2.45) is 16.6 Å². The summed E-state index contributed by atoms with van der Waals surface area (Å²) in [5.41, 5.74) is 6.42. The average molecular weight is 211 g/mol. The molecule has 1 atom stereocenters. The molecule has 2 aliphatic rings. The minimum Gasteiger partial charge on any atom is -0.369 e. The van der Waals surface area contributed by atoms with E-state index in [1.54, 1.807) is 0 Å². The van der Waals surface area contributed by atoms with E-state index >= 15 is 0 Å². The van der Waals surface area contributed by atoms with Gasteiger partial charge in [0, 0.05) is 6.54 Å². The van der Waals surface area contributed by atoms with E-state index in [0.717, 1.165) is 6.42 Å². The van der Waals surface area contributed by atoms with Crippen LogP contribution in [0.25, 0.3) is 0 Å². The lowest BCUT2D eigenvalue weighted by Crippen LogP contribution is -2.50. The van der Waals surface area contributed by atoms with E-state index in [-0.39, 0.29) is 5.60 Å². The fraction of sp³-hybridized carbons (Fsp3) is 1.00. The zero-order valence-corrected chi connectivity index (χ0v) is 10.6. The van der Waals surface area contributed by atoms with Crippen LogP contribution in [0.2, 0.25) is 0 Å². The van der Waals surface area contributed by atoms with Crippen LogP contribution in [0.1, 0.15) is 53.4 Å². The van der Waals surface area contributed by atoms with Gasteiger partial charge in [-0.3, -0.25) is 0 Å². The normalized spacial score (nSPS) is 36.2. The number of hydrogen-bond acceptors (Lipinski definition) is 2. The molecule has 1 heterocycles. The van der Waals surface area contributed by atoms with Crippen LogP contribution < -0.4 is 5.73 Å². The van der Waals surface area contributed by atoms with Gasteiger partial charge in [-0.1, -0.05) is 27.7 Å². The first kappa shape index (κ1) is 11.4. The molecular weight excluding hydrogens is 186 g/mol. The van der Waals surface area contributed by atoms with Crippen molar-refractivity contribution >= 4 is 0 Å². The fourth-order valence-corrected chi connectivity index (χ4v) is 3.87. The summed E-state index contributed by atoms with van der Waals surface area (Å²) >= 11 is 0. The third-order valence-corrected chi connectivity index (χ3v) is 5.01. The topological polar surface area (TPSA) is 35.2 Å². The van der Waals surface area contributed by atoms with Gasteiger partial charge in [0.15, 0.2) is 0 Å². The lowest BCUT2D eigenvalue weighted by Gasteiger charge is -2.46. The van der Waals surface area contributed by atoms with Gasteiger partial charge in [0.2, 0.25) is 0 Å². The van der Waals surface area contributed by atoms with E-state index in [2.05, 4.69) is 27.7 Å². The molecule has 88 valence electrons. The van der Waals surface area contributed by atoms with Crippen LogP contribution in [-0.2, 0) is 4.74 Å². The minimum absolute atomic E-state index is 0.0734. The fourth-order valence-electron chi connectivity index (χ4n) is 3.87. The van der Waals surface area contributed by atoms with Crippen LogP contribution in [0.15, 0.2) is 0 Å². The zero-order chi connectivity index (χ0) is 11.3. The van der Waals surface area contributed by atoms with Crippen molar-refractivity contribution in [3.05, 3.63) is 0 Å². The molecule has 0 aromatic heterocycles. The second-order valence-electron chi connectivity index (χ2n) is 6.61. The Morgan fingerprint density at radius 1 is 1.07 bits per heavy atom. The molecule has 0 aromatic rings. The van der Waals surface area contributed by atoms with Gasteiger partial charge in [0.05, 0.1) is 11.7 Å². The molecule has 1 aliphatic carbocycles. The Kier molecular flexibility index (Phi) is 2.44. The summed E-state index contributed by atoms with van der Waals surface area (Å²) < 4.78 is 6.36. The summed E-state index contributed by atoms with van der Waals surface area (Å²) in [4.78, 5) is 0. The smallest absolute Gasteiger partial charge is 0.0789 e. The van der Waals surface area contributed by atoms with E-state index in [1.807, 2.05) is 0 Å². The Labute approximate surface area is 93.6 Å². The lowest BCUT2D eigenvalue weighted by atomic mass is 9.66. The van der Waals surface area contributed by atoms with Gasteiger partial charge in [-0.2, -0.15) is 0 Å². The third kappa shape index (κ3) is 1.38. The van der Waals surface area contributed by atoms with E-state index in [0.29, 0.717) is 23.5 Å². The van der Waals surface area contributed by atoms with Crippen LogP contribution in [0.4, 0.5) is 0 Å². The zero-order valence-electron chi connectivity index (χ0n) is 10.6. The van der Waals surface area contributed by atoms with Crippen molar-refractivity contribution < 1.29 is 4.74 Å². The predicted octanol–water partition coefficient (Wildman–Crippen LogP) is 2.71. The molecule has 1 saturated carbocycles. The van der Waals surface area contributed by atoms with Crippen LogP contribution in [0, 0.1) is 10.8 Å². The molecule has 1 aliphatic heterocycles. The van der Waals surface area contributed by atoms with Crippen molar-refractivity contribution in [1.82, 2.24) is 0 Å². The van der Waals surface area contributed by atoms with E-state index in [1.165, 1.54) is 19.3 Å². The number of nitrogens with two attached hydrogens (primary N) is 1. The van der Waals surface area contributed by atoms with Crippen LogP contribution in [-0.4, -0.2) is 18.2 Å². The highest BCUT2D eigenvalue weighted by Crippen LogP contribution is 2.63. The highest BCUT2D eigenvalue weighted by atomic mass is 16.5. The number of rotatable bonds is 1. The largest absolute Gasteiger partial charge is 0.369 e. The van der Waals surface area contributed by atoms with Crippen molar-refractivity contribution in [3.8, 4) is 0 Å². The van der Waals surface area contributed by atoms with Gasteiger partial charge in [0.1, 0.15) is 0 Å². The molecular formula is C13H25NO. The highest BCUT2D eigenvalue weighted by Gasteiger charge is 2.63. The molecule has 0 unspecified atom stereocenters. The maximum absolute atomic E-state index is 6.36. The molecule has 0 radical (unpaired) electrons. The van der Waals surface area contributed by atoms with E-state index < -0.39 is 0 Å². The summed E-state index contributed by atoms with van der Waals surface area (Å²) in [6, 6.07) is 0. The van der Waals surface area contributed by atoms with Crippen molar-refractivity contribution in [2.75, 3.05) is 6.54 Å². The van der Waals surface area contributed by atoms with Gasteiger partial charge in [-0.15, -0.1) is 0 Å². The van der Waals surface area contributed by atoms with E-state index in [4.69, 9.17) is 10.5 Å². The summed E-state index contributed by atoms with van der Waals surface area (Å²) in [5.74, 6) is 0. The Morgan fingerprint density at radius 2 is 1.60 bits per heavy atom. The van der Waals surface area contributed by atoms with Crippen molar-refractivity contribution in [2.45, 2.75) is 65.1 Å². The molecule has 1 spiro atoms. The first-order chi connectivity index (χ1) is 6.85. The predicted molar refractivity (Wildman–Crippen MR) is 62.7 cm³/mol. The standard InChI is InChI=1S/C13H25NO/c1-11(2)7-8-12(3,4)13(11)6-5-10(9-14)15-13/h10H,5-9,14H2,1-4H3/t10-/m1/s1. The van der Waals surface area contributed by atoms with Crippen molar-refractivity contribution in [3.63, 3.8) is 0 Å². The molecule has 0 amide bonds. The lowest BCUT2D eigenvalue weighted by molar-refractivity contribution is -0.147. The molecule has 2 N–H and O–H groups in total. The SMILES string of the molecule is CC1(C)CCC(C)(C)C12CC[C@H](CN)O2. The van der Waals surface area contributed by atoms with Crippen LogP contribution >= 0.6 is 0 Å². The van der Waals surface area contributed by atoms with Gasteiger partial charge in [0.25, 0.3) is 0 Å². The van der Waals surface area contributed by atoms with Crippen LogP contribution in [0.5, 0.6) is 0 Å². The maximum Gasteiger partial charge on any atom is 0.0789 e. The summed E-state index contributed by atoms with van der Waals surface area (Å²) in [7, 11) is 0. The molecule has 0 bridgehead atoms. The Hall–Kier alpha value is -0.0800. The Balaban J connectivity index is 2.32. The average Bonchev–Trinajstić information content (AvgIpc) is 2.66. The molecule has 1 saturated heterocycles. The second kappa shape index (κ2) is 3.21. The molecule has 2 fully saturated rings. The maximum atomic E-state index is 6.36. The Morgan fingerprint density at radius 3 is 2.00 bits per heavy atom. The number of hydrogen-bond donors (Lipinski definition) is 1. The van der Waals surface area contributed by atoms with Gasteiger partial charge >= 0.3 is 0 Å². The summed E-state index contributed by atoms with van der Waals surface area (Å²) in [6.45, 7) is 10.1. The molecule has 2 nitrogen and oxygen atoms in total. The monoisotopic (exact) mass is 211 g/mol. The number of ether oxygens (including phenoxy) is 1. The first-order valence-corrected chi connectivity index (χ1v) is 6.23. The summed E-state index contributed by atoms with van der Waals surface area (Å²) in [5, 5.41) is 0. The van der Waals surface area contributed by atoms with Gasteiger partial charge in [-0.05, 0) is 36.5 Å². The second-order valence-corrected chi connectivity index (χ2v) is 6.61. The van der Waals surface area contributed by atoms with E-state index in [9.17, 15) is 0 Å². The molecule has 15 heavy (non-hydrogen) atoms. The molecule has 2 rings (SSSR count). The first-order valence-electron chi connectivity index (χ1n) is 6.23.